The minimum absolute atomic E-state index is 0.0905. The van der Waals surface area contributed by atoms with Crippen molar-refractivity contribution in [3.63, 3.8) is 0 Å². The van der Waals surface area contributed by atoms with Gasteiger partial charge in [-0.05, 0) is 60.4 Å². The molecular weight excluding hydrogens is 1040 g/mol. The van der Waals surface area contributed by atoms with Gasteiger partial charge in [0.05, 0.1) is 56.7 Å². The van der Waals surface area contributed by atoms with E-state index < -0.39 is 152 Å². The van der Waals surface area contributed by atoms with Crippen LogP contribution in [0.15, 0.2) is 84.9 Å². The predicted molar refractivity (Wildman–Crippen MR) is 273 cm³/mol. The smallest absolute Gasteiger partial charge is 0.338 e. The number of hydrogen-bond donors (Lipinski definition) is 2. The summed E-state index contributed by atoms with van der Waals surface area (Å²) in [7, 11) is 3.83. The zero-order chi connectivity index (χ0) is 57.2. The zero-order valence-electron chi connectivity index (χ0n) is 45.8. The molecule has 4 N–H and O–H groups in total. The Morgan fingerprint density at radius 3 is 1.34 bits per heavy atom. The van der Waals surface area contributed by atoms with Gasteiger partial charge in [0.1, 0.15) is 43.0 Å². The van der Waals surface area contributed by atoms with Gasteiger partial charge in [0.2, 0.25) is 6.29 Å². The number of ether oxygens (including phenoxy) is 15. The first-order valence-corrected chi connectivity index (χ1v) is 26.1. The molecule has 0 saturated carbocycles. The summed E-state index contributed by atoms with van der Waals surface area (Å²) in [5.74, 6) is -6.70. The normalized spacial score (nSPS) is 34.4. The lowest BCUT2D eigenvalue weighted by atomic mass is 9.82. The molecule has 20 atom stereocenters. The van der Waals surface area contributed by atoms with Crippen molar-refractivity contribution in [2.24, 2.45) is 41.1 Å². The second-order valence-electron chi connectivity index (χ2n) is 20.1. The lowest BCUT2D eigenvalue weighted by Gasteiger charge is -2.50. The minimum atomic E-state index is -1.60. The third-order valence-corrected chi connectivity index (χ3v) is 15.0. The highest BCUT2D eigenvalue weighted by molar-refractivity contribution is 5.90. The van der Waals surface area contributed by atoms with Crippen molar-refractivity contribution in [3.05, 3.63) is 96.1 Å². The van der Waals surface area contributed by atoms with Crippen molar-refractivity contribution >= 4 is 35.8 Å². The molecule has 23 heteroatoms. The molecule has 0 radical (unpaired) electrons. The third-order valence-electron chi connectivity index (χ3n) is 15.0. The number of benzene rings is 3. The largest absolute Gasteiger partial charge is 0.497 e. The third kappa shape index (κ3) is 14.4. The average Bonchev–Trinajstić information content (AvgIpc) is 3.46. The van der Waals surface area contributed by atoms with Crippen molar-refractivity contribution in [2.75, 3.05) is 34.5 Å². The van der Waals surface area contributed by atoms with Crippen molar-refractivity contribution in [1.29, 1.82) is 0 Å². The number of carbonyl (C=O) groups is 6. The number of rotatable bonds is 19. The van der Waals surface area contributed by atoms with Gasteiger partial charge in [-0.3, -0.25) is 9.59 Å². The van der Waals surface area contributed by atoms with Crippen LogP contribution >= 0.6 is 0 Å². The molecule has 4 aliphatic heterocycles. The zero-order valence-corrected chi connectivity index (χ0v) is 45.8. The Bertz CT molecular complexity index is 2520. The molecule has 0 aromatic heterocycles. The van der Waals surface area contributed by atoms with Crippen LogP contribution in [0.25, 0.3) is 0 Å². The number of esters is 6. The molecule has 0 amide bonds. The maximum atomic E-state index is 14.0. The molecule has 4 fully saturated rings. The molecule has 3 aromatic carbocycles. The van der Waals surface area contributed by atoms with Crippen LogP contribution < -0.4 is 20.9 Å². The van der Waals surface area contributed by atoms with E-state index in [-0.39, 0.29) is 29.6 Å². The summed E-state index contributed by atoms with van der Waals surface area (Å²) in [5, 5.41) is 0. The topological polar surface area (TPSA) is 293 Å². The van der Waals surface area contributed by atoms with Crippen LogP contribution in [0, 0.1) is 29.6 Å². The summed E-state index contributed by atoms with van der Waals surface area (Å²) in [5.41, 5.74) is 14.2. The molecule has 0 spiro atoms. The lowest BCUT2D eigenvalue weighted by Crippen LogP contribution is -2.66. The maximum Gasteiger partial charge on any atom is 0.338 e. The number of carbonyl (C=O) groups excluding carboxylic acids is 6. The monoisotopic (exact) mass is 1110 g/mol. The van der Waals surface area contributed by atoms with E-state index in [0.717, 1.165) is 14.2 Å². The Morgan fingerprint density at radius 1 is 0.456 bits per heavy atom. The Hall–Kier alpha value is -6.28. The number of hydrogen-bond acceptors (Lipinski definition) is 23. The molecule has 23 nitrogen and oxygen atoms in total. The van der Waals surface area contributed by atoms with Crippen LogP contribution in [-0.2, 0) is 80.8 Å². The molecule has 432 valence electrons. The van der Waals surface area contributed by atoms with Gasteiger partial charge in [0, 0.05) is 31.6 Å². The van der Waals surface area contributed by atoms with E-state index in [2.05, 4.69) is 0 Å². The van der Waals surface area contributed by atoms with Crippen LogP contribution in [0.4, 0.5) is 0 Å². The summed E-state index contributed by atoms with van der Waals surface area (Å²) in [6.45, 7) is 10.8. The van der Waals surface area contributed by atoms with E-state index in [1.165, 1.54) is 21.0 Å². The van der Waals surface area contributed by atoms with E-state index in [4.69, 9.17) is 82.5 Å². The SMILES string of the molecule is COC(=O)C1O[C@@H](O[C@@H]2C(COC(C)=O)O[C@@H](O[C@@H]3C(C(=O)OC)O[C@@H](Oc4ccc(OC)cc4)C(OC(=O)c4ccccc4)[C@H]3C)C(N)[C@H]2C)C(OC(=O)c2ccccc2)[C@@H](C)[C@@H]1O[C@@H]1OC(COC(C)=O)[C@@H](C)[C@H](C)C1N. The second-order valence-corrected chi connectivity index (χ2v) is 20.1. The molecule has 4 saturated heterocycles. The molecule has 4 aliphatic rings. The summed E-state index contributed by atoms with van der Waals surface area (Å²) in [6.07, 6.45) is -16.9. The fraction of sp³-hybridized carbons (Fsp3) is 0.571. The second kappa shape index (κ2) is 27.3. The highest BCUT2D eigenvalue weighted by atomic mass is 16.8. The highest BCUT2D eigenvalue weighted by Crippen LogP contribution is 2.41. The van der Waals surface area contributed by atoms with Gasteiger partial charge in [-0.25, -0.2) is 19.2 Å². The summed E-state index contributed by atoms with van der Waals surface area (Å²) in [4.78, 5) is 79.7. The Kier molecular flexibility index (Phi) is 20.8. The van der Waals surface area contributed by atoms with Crippen molar-refractivity contribution in [1.82, 2.24) is 0 Å². The average molecular weight is 1110 g/mol. The summed E-state index contributed by atoms with van der Waals surface area (Å²) < 4.78 is 90.9. The van der Waals surface area contributed by atoms with E-state index >= 15 is 0 Å². The van der Waals surface area contributed by atoms with Gasteiger partial charge < -0.3 is 82.5 Å². The van der Waals surface area contributed by atoms with E-state index in [1.807, 2.05) is 13.8 Å². The Morgan fingerprint density at radius 2 is 0.873 bits per heavy atom. The van der Waals surface area contributed by atoms with Gasteiger partial charge in [-0.2, -0.15) is 0 Å². The molecule has 0 bridgehead atoms. The Labute approximate surface area is 458 Å². The highest BCUT2D eigenvalue weighted by Gasteiger charge is 2.57. The molecule has 79 heavy (non-hydrogen) atoms. The summed E-state index contributed by atoms with van der Waals surface area (Å²) >= 11 is 0. The van der Waals surface area contributed by atoms with Crippen molar-refractivity contribution in [2.45, 2.75) is 141 Å². The quantitative estimate of drug-likeness (QED) is 0.127. The fourth-order valence-electron chi connectivity index (χ4n) is 9.99. The van der Waals surface area contributed by atoms with Crippen LogP contribution in [0.3, 0.4) is 0 Å². The molecule has 0 aliphatic carbocycles. The number of nitrogens with two attached hydrogens (primary N) is 2. The summed E-state index contributed by atoms with van der Waals surface area (Å²) in [6, 6.07) is 21.0. The first kappa shape index (κ1) is 60.4. The molecule has 4 heterocycles. The van der Waals surface area contributed by atoms with Crippen LogP contribution in [-0.4, -0.2) is 163 Å². The Balaban J connectivity index is 1.19. The molecule has 3 aromatic rings. The van der Waals surface area contributed by atoms with Gasteiger partial charge in [-0.1, -0.05) is 71.0 Å². The van der Waals surface area contributed by atoms with Gasteiger partial charge >= 0.3 is 35.8 Å². The minimum Gasteiger partial charge on any atom is -0.497 e. The van der Waals surface area contributed by atoms with Crippen molar-refractivity contribution < 1.29 is 99.8 Å². The lowest BCUT2D eigenvalue weighted by molar-refractivity contribution is -0.355. The first-order valence-electron chi connectivity index (χ1n) is 26.1. The molecule has 7 rings (SSSR count). The molecular formula is C56H72N2O21. The van der Waals surface area contributed by atoms with Crippen LogP contribution in [0.5, 0.6) is 11.5 Å². The maximum absolute atomic E-state index is 14.0. The van der Waals surface area contributed by atoms with Crippen molar-refractivity contribution in [3.8, 4) is 11.5 Å². The fourth-order valence-corrected chi connectivity index (χ4v) is 9.99. The standard InChI is InChI=1S/C56H72N2O21/c1-27-28(2)40(57)53(71-38(27)25-68-32(6)59)76-44-31(5)46(74-50(62)35-19-15-12-16-20-35)56(79-48(44)52(64)67-10)75-42-29(3)41(58)54(72-39(42)26-69-33(7)60)77-43-30(4)45(73-49(61)34-17-13-11-14-18-34)55(78-47(43)51(63)66-9)70-37-23-21-36(65-8)22-24-37/h11-24,27-31,38-48,53-56H,25-26,57-58H2,1-10H3/t27-,28-,29+,30-,31-,38?,39?,40?,41?,42-,43-,44-,45?,46?,47?,48?,53-,54-,55+,56+/m0/s1. The van der Waals surface area contributed by atoms with E-state index in [9.17, 15) is 28.8 Å². The molecule has 8 unspecified atom stereocenters. The van der Waals surface area contributed by atoms with Gasteiger partial charge in [-0.15, -0.1) is 0 Å². The van der Waals surface area contributed by atoms with Crippen LogP contribution in [0.1, 0.15) is 69.2 Å². The predicted octanol–water partition coefficient (Wildman–Crippen LogP) is 3.89. The van der Waals surface area contributed by atoms with Crippen LogP contribution in [0.2, 0.25) is 0 Å². The van der Waals surface area contributed by atoms with Gasteiger partial charge in [0.25, 0.3) is 0 Å². The van der Waals surface area contributed by atoms with E-state index in [0.29, 0.717) is 11.5 Å². The first-order chi connectivity index (χ1) is 37.7. The van der Waals surface area contributed by atoms with E-state index in [1.54, 1.807) is 106 Å². The number of methoxy groups -OCH3 is 3. The van der Waals surface area contributed by atoms with Gasteiger partial charge in [0.15, 0.2) is 43.3 Å².